The van der Waals surface area contributed by atoms with Crippen molar-refractivity contribution >= 4 is 12.0 Å². The van der Waals surface area contributed by atoms with E-state index < -0.39 is 5.97 Å². The summed E-state index contributed by atoms with van der Waals surface area (Å²) in [4.78, 5) is 25.7. The Kier molecular flexibility index (Phi) is 5.62. The zero-order valence-corrected chi connectivity index (χ0v) is 10.0. The highest BCUT2D eigenvalue weighted by molar-refractivity contribution is 5.73. The third-order valence-electron chi connectivity index (χ3n) is 2.41. The highest BCUT2D eigenvalue weighted by Crippen LogP contribution is 2.06. The van der Waals surface area contributed by atoms with Gasteiger partial charge >= 0.3 is 12.0 Å². The van der Waals surface area contributed by atoms with E-state index in [1.165, 1.54) is 6.39 Å². The van der Waals surface area contributed by atoms with Crippen molar-refractivity contribution in [3.05, 3.63) is 12.2 Å². The Morgan fingerprint density at radius 3 is 2.83 bits per heavy atom. The number of nitrogens with zero attached hydrogens (tertiary/aromatic N) is 2. The Morgan fingerprint density at radius 1 is 1.50 bits per heavy atom. The number of amides is 2. The standard InChI is InChI=1S/C10H16N4O4/c1-2-7(3-9(15)16)4-11-10(17)12-5-8-13-6-18-14-8/h6-7H,2-5H2,1H3,(H,15,16)(H2,11,12,17). The maximum Gasteiger partial charge on any atom is 0.315 e. The number of nitrogens with one attached hydrogen (secondary N) is 2. The van der Waals surface area contributed by atoms with Crippen LogP contribution in [0.5, 0.6) is 0 Å². The summed E-state index contributed by atoms with van der Waals surface area (Å²) in [7, 11) is 0. The molecule has 2 amide bonds. The van der Waals surface area contributed by atoms with Gasteiger partial charge in [-0.3, -0.25) is 4.79 Å². The van der Waals surface area contributed by atoms with Crippen LogP contribution in [-0.2, 0) is 11.3 Å². The minimum absolute atomic E-state index is 0.0433. The largest absolute Gasteiger partial charge is 0.481 e. The van der Waals surface area contributed by atoms with Crippen molar-refractivity contribution in [1.29, 1.82) is 0 Å². The predicted octanol–water partition coefficient (Wildman–Crippen LogP) is 0.370. The predicted molar refractivity (Wildman–Crippen MR) is 60.6 cm³/mol. The van der Waals surface area contributed by atoms with Crippen molar-refractivity contribution in [1.82, 2.24) is 20.8 Å². The number of urea groups is 1. The number of carbonyl (C=O) groups is 2. The Labute approximate surface area is 104 Å². The van der Waals surface area contributed by atoms with Crippen LogP contribution in [0.25, 0.3) is 0 Å². The Balaban J connectivity index is 2.21. The van der Waals surface area contributed by atoms with Gasteiger partial charge in [0, 0.05) is 13.0 Å². The number of hydrogen-bond acceptors (Lipinski definition) is 5. The van der Waals surface area contributed by atoms with Crippen LogP contribution in [0.3, 0.4) is 0 Å². The molecule has 0 radical (unpaired) electrons. The average Bonchev–Trinajstić information content (AvgIpc) is 2.84. The van der Waals surface area contributed by atoms with Gasteiger partial charge in [0.05, 0.1) is 6.54 Å². The molecule has 0 aliphatic carbocycles. The van der Waals surface area contributed by atoms with Crippen molar-refractivity contribution in [2.45, 2.75) is 26.3 Å². The number of rotatable bonds is 7. The van der Waals surface area contributed by atoms with Crippen LogP contribution in [0.2, 0.25) is 0 Å². The number of carboxylic acid groups (broad SMARTS) is 1. The van der Waals surface area contributed by atoms with Crippen molar-refractivity contribution in [3.63, 3.8) is 0 Å². The first-order valence-electron chi connectivity index (χ1n) is 5.60. The van der Waals surface area contributed by atoms with Crippen LogP contribution >= 0.6 is 0 Å². The molecule has 8 nitrogen and oxygen atoms in total. The summed E-state index contributed by atoms with van der Waals surface area (Å²) >= 11 is 0. The topological polar surface area (TPSA) is 117 Å². The molecule has 0 fully saturated rings. The minimum atomic E-state index is -0.865. The molecule has 18 heavy (non-hydrogen) atoms. The Bertz CT molecular complexity index is 379. The average molecular weight is 256 g/mol. The first-order chi connectivity index (χ1) is 8.61. The molecule has 1 unspecified atom stereocenters. The molecule has 0 spiro atoms. The van der Waals surface area contributed by atoms with Gasteiger partial charge in [-0.25, -0.2) is 4.79 Å². The van der Waals surface area contributed by atoms with Crippen molar-refractivity contribution < 1.29 is 19.2 Å². The van der Waals surface area contributed by atoms with Crippen molar-refractivity contribution in [3.8, 4) is 0 Å². The first kappa shape index (κ1) is 13.9. The van der Waals surface area contributed by atoms with E-state index >= 15 is 0 Å². The third kappa shape index (κ3) is 5.28. The second-order valence-electron chi connectivity index (χ2n) is 3.78. The molecule has 1 atom stereocenters. The van der Waals surface area contributed by atoms with Crippen LogP contribution in [0.1, 0.15) is 25.6 Å². The summed E-state index contributed by atoms with van der Waals surface area (Å²) in [6.07, 6.45) is 1.91. The fraction of sp³-hybridized carbons (Fsp3) is 0.600. The van der Waals surface area contributed by atoms with Crippen LogP contribution in [-0.4, -0.2) is 33.8 Å². The molecule has 1 aromatic rings. The summed E-state index contributed by atoms with van der Waals surface area (Å²) in [5, 5.41) is 17.3. The lowest BCUT2D eigenvalue weighted by molar-refractivity contribution is -0.138. The van der Waals surface area contributed by atoms with Gasteiger partial charge in [0.25, 0.3) is 0 Å². The maximum absolute atomic E-state index is 11.4. The Hall–Kier alpha value is -2.12. The van der Waals surface area contributed by atoms with E-state index in [-0.39, 0.29) is 24.9 Å². The lowest BCUT2D eigenvalue weighted by Crippen LogP contribution is -2.38. The van der Waals surface area contributed by atoms with Crippen LogP contribution in [0.4, 0.5) is 4.79 Å². The number of carboxylic acids is 1. The smallest absolute Gasteiger partial charge is 0.315 e. The molecule has 0 aromatic carbocycles. The highest BCUT2D eigenvalue weighted by atomic mass is 16.5. The van der Waals surface area contributed by atoms with E-state index in [0.717, 1.165) is 0 Å². The monoisotopic (exact) mass is 256 g/mol. The fourth-order valence-electron chi connectivity index (χ4n) is 1.34. The van der Waals surface area contributed by atoms with Gasteiger partial charge in [-0.2, -0.15) is 4.98 Å². The third-order valence-corrected chi connectivity index (χ3v) is 2.41. The summed E-state index contributed by atoms with van der Waals surface area (Å²) in [6, 6.07) is -0.386. The number of aliphatic carboxylic acids is 1. The van der Waals surface area contributed by atoms with Crippen molar-refractivity contribution in [2.75, 3.05) is 6.54 Å². The molecule has 0 saturated heterocycles. The molecule has 1 rings (SSSR count). The van der Waals surface area contributed by atoms with E-state index in [1.54, 1.807) is 0 Å². The zero-order chi connectivity index (χ0) is 13.4. The van der Waals surface area contributed by atoms with E-state index in [4.69, 9.17) is 5.11 Å². The van der Waals surface area contributed by atoms with E-state index in [1.807, 2.05) is 6.92 Å². The van der Waals surface area contributed by atoms with Gasteiger partial charge in [0.15, 0.2) is 5.82 Å². The maximum atomic E-state index is 11.4. The molecule has 1 heterocycles. The van der Waals surface area contributed by atoms with Crippen molar-refractivity contribution in [2.24, 2.45) is 5.92 Å². The molecular formula is C10H16N4O4. The lowest BCUT2D eigenvalue weighted by Gasteiger charge is -2.13. The van der Waals surface area contributed by atoms with Crippen LogP contribution in [0.15, 0.2) is 10.9 Å². The van der Waals surface area contributed by atoms with Crippen LogP contribution in [0, 0.1) is 5.92 Å². The summed E-state index contributed by atoms with van der Waals surface area (Å²) in [5.74, 6) is -0.558. The van der Waals surface area contributed by atoms with Crippen LogP contribution < -0.4 is 10.6 Å². The molecular weight excluding hydrogens is 240 g/mol. The molecule has 1 aromatic heterocycles. The van der Waals surface area contributed by atoms with E-state index in [0.29, 0.717) is 18.8 Å². The molecule has 3 N–H and O–H groups in total. The minimum Gasteiger partial charge on any atom is -0.481 e. The summed E-state index contributed by atoms with van der Waals surface area (Å²) in [5.41, 5.74) is 0. The molecule has 100 valence electrons. The Morgan fingerprint density at radius 2 is 2.28 bits per heavy atom. The normalized spacial score (nSPS) is 11.8. The highest BCUT2D eigenvalue weighted by Gasteiger charge is 2.12. The second kappa shape index (κ2) is 7.25. The fourth-order valence-corrected chi connectivity index (χ4v) is 1.34. The SMILES string of the molecule is CCC(CNC(=O)NCc1ncon1)CC(=O)O. The number of aromatic nitrogens is 2. The van der Waals surface area contributed by atoms with Gasteiger partial charge in [0.1, 0.15) is 0 Å². The molecule has 8 heteroatoms. The molecule has 0 aliphatic heterocycles. The quantitative estimate of drug-likeness (QED) is 0.648. The summed E-state index contributed by atoms with van der Waals surface area (Å²) in [6.45, 7) is 2.37. The first-order valence-corrected chi connectivity index (χ1v) is 5.60. The molecule has 0 aliphatic rings. The lowest BCUT2D eigenvalue weighted by atomic mass is 10.0. The molecule has 0 saturated carbocycles. The number of hydrogen-bond donors (Lipinski definition) is 3. The van der Waals surface area contributed by atoms with E-state index in [2.05, 4.69) is 25.3 Å². The molecule has 0 bridgehead atoms. The zero-order valence-electron chi connectivity index (χ0n) is 10.0. The number of carbonyl (C=O) groups excluding carboxylic acids is 1. The van der Waals surface area contributed by atoms with Gasteiger partial charge in [-0.05, 0) is 5.92 Å². The van der Waals surface area contributed by atoms with Gasteiger partial charge in [-0.15, -0.1) is 0 Å². The van der Waals surface area contributed by atoms with Gasteiger partial charge in [0.2, 0.25) is 6.39 Å². The van der Waals surface area contributed by atoms with E-state index in [9.17, 15) is 9.59 Å². The summed E-state index contributed by atoms with van der Waals surface area (Å²) < 4.78 is 4.51. The van der Waals surface area contributed by atoms with Gasteiger partial charge in [-0.1, -0.05) is 18.5 Å². The van der Waals surface area contributed by atoms with Gasteiger partial charge < -0.3 is 20.3 Å². The second-order valence-corrected chi connectivity index (χ2v) is 3.78.